The van der Waals surface area contributed by atoms with Crippen LogP contribution in [-0.2, 0) is 16.6 Å². The SMILES string of the molecule is CC[C@H](CC(=O)CNC(=O)c1cc(O)cc(CC2=NCC(O)CN2)c1)c1cc(Br)cc(C(C)(C)C#N)c1. The summed E-state index contributed by atoms with van der Waals surface area (Å²) in [6, 6.07) is 12.8. The average molecular weight is 570 g/mol. The van der Waals surface area contributed by atoms with Crippen molar-refractivity contribution in [2.24, 2.45) is 4.99 Å². The van der Waals surface area contributed by atoms with Gasteiger partial charge in [0.25, 0.3) is 5.91 Å². The lowest BCUT2D eigenvalue weighted by atomic mass is 9.82. The number of aliphatic imine (C=N–C) groups is 1. The van der Waals surface area contributed by atoms with Gasteiger partial charge in [0.2, 0.25) is 0 Å². The zero-order chi connectivity index (χ0) is 27.2. The molecule has 2 atom stereocenters. The van der Waals surface area contributed by atoms with Crippen molar-refractivity contribution in [1.82, 2.24) is 10.6 Å². The van der Waals surface area contributed by atoms with E-state index >= 15 is 0 Å². The zero-order valence-corrected chi connectivity index (χ0v) is 22.9. The second kappa shape index (κ2) is 12.3. The van der Waals surface area contributed by atoms with Crippen molar-refractivity contribution in [3.63, 3.8) is 0 Å². The smallest absolute Gasteiger partial charge is 0.251 e. The molecule has 1 aliphatic heterocycles. The van der Waals surface area contributed by atoms with Gasteiger partial charge in [-0.15, -0.1) is 0 Å². The number of phenols is 1. The zero-order valence-electron chi connectivity index (χ0n) is 21.3. The van der Waals surface area contributed by atoms with Crippen molar-refractivity contribution in [2.45, 2.75) is 57.5 Å². The van der Waals surface area contributed by atoms with Gasteiger partial charge in [-0.25, -0.2) is 0 Å². The predicted octanol–water partition coefficient (Wildman–Crippen LogP) is 3.74. The second-order valence-electron chi connectivity index (χ2n) is 9.93. The fraction of sp³-hybridized carbons (Fsp3) is 0.429. The highest BCUT2D eigenvalue weighted by Crippen LogP contribution is 2.32. The third kappa shape index (κ3) is 7.88. The van der Waals surface area contributed by atoms with E-state index in [1.54, 1.807) is 12.1 Å². The Hall–Kier alpha value is -3.22. The van der Waals surface area contributed by atoms with Crippen LogP contribution >= 0.6 is 15.9 Å². The normalized spacial score (nSPS) is 16.2. The quantitative estimate of drug-likeness (QED) is 0.345. The Labute approximate surface area is 225 Å². The average Bonchev–Trinajstić information content (AvgIpc) is 2.86. The lowest BCUT2D eigenvalue weighted by Crippen LogP contribution is -2.39. The maximum atomic E-state index is 12.8. The van der Waals surface area contributed by atoms with Crippen LogP contribution in [-0.4, -0.2) is 53.5 Å². The fourth-order valence-corrected chi connectivity index (χ4v) is 4.70. The Bertz CT molecular complexity index is 1240. The summed E-state index contributed by atoms with van der Waals surface area (Å²) in [5.74, 6) is 0.0120. The number of carbonyl (C=O) groups excluding carboxylic acids is 2. The fourth-order valence-electron chi connectivity index (χ4n) is 4.19. The molecular weight excluding hydrogens is 536 g/mol. The summed E-state index contributed by atoms with van der Waals surface area (Å²) < 4.78 is 0.854. The number of ketones is 1. The van der Waals surface area contributed by atoms with Crippen molar-refractivity contribution in [3.8, 4) is 11.8 Å². The first kappa shape index (κ1) is 28.4. The molecule has 2 aromatic carbocycles. The number of aliphatic hydroxyl groups excluding tert-OH is 1. The van der Waals surface area contributed by atoms with Crippen LogP contribution < -0.4 is 10.6 Å². The molecule has 1 heterocycles. The second-order valence-corrected chi connectivity index (χ2v) is 10.8. The van der Waals surface area contributed by atoms with Gasteiger partial charge in [-0.1, -0.05) is 28.9 Å². The molecule has 0 bridgehead atoms. The highest BCUT2D eigenvalue weighted by atomic mass is 79.9. The number of carbonyl (C=O) groups is 2. The third-order valence-electron chi connectivity index (χ3n) is 6.45. The molecule has 0 aliphatic carbocycles. The van der Waals surface area contributed by atoms with E-state index in [1.165, 1.54) is 6.07 Å². The van der Waals surface area contributed by atoms with E-state index < -0.39 is 17.4 Å². The summed E-state index contributed by atoms with van der Waals surface area (Å²) in [6.07, 6.45) is 0.847. The first-order chi connectivity index (χ1) is 17.5. The number of amides is 1. The summed E-state index contributed by atoms with van der Waals surface area (Å²) in [6.45, 7) is 6.31. The number of hydrogen-bond acceptors (Lipinski definition) is 7. The number of aliphatic hydroxyl groups is 1. The number of amidine groups is 1. The van der Waals surface area contributed by atoms with E-state index in [1.807, 2.05) is 39.0 Å². The molecule has 1 amide bonds. The number of nitrogens with zero attached hydrogens (tertiary/aromatic N) is 2. The van der Waals surface area contributed by atoms with Crippen LogP contribution in [0.15, 0.2) is 45.9 Å². The van der Waals surface area contributed by atoms with Crippen LogP contribution in [0.3, 0.4) is 0 Å². The van der Waals surface area contributed by atoms with Crippen LogP contribution in [0.5, 0.6) is 5.75 Å². The van der Waals surface area contributed by atoms with Gasteiger partial charge in [0, 0.05) is 29.4 Å². The molecule has 9 heteroatoms. The van der Waals surface area contributed by atoms with Crippen molar-refractivity contribution < 1.29 is 19.8 Å². The molecule has 0 spiro atoms. The van der Waals surface area contributed by atoms with Gasteiger partial charge < -0.3 is 20.8 Å². The molecule has 3 rings (SSSR count). The number of aromatic hydroxyl groups is 1. The van der Waals surface area contributed by atoms with Gasteiger partial charge in [0.05, 0.1) is 30.7 Å². The van der Waals surface area contributed by atoms with E-state index in [9.17, 15) is 25.1 Å². The van der Waals surface area contributed by atoms with Crippen molar-refractivity contribution in [2.75, 3.05) is 19.6 Å². The van der Waals surface area contributed by atoms with Crippen LogP contribution in [0.2, 0.25) is 0 Å². The number of hydrogen-bond donors (Lipinski definition) is 4. The minimum absolute atomic E-state index is 0.0511. The van der Waals surface area contributed by atoms with Crippen LogP contribution in [0.25, 0.3) is 0 Å². The molecular formula is C28H33BrN4O4. The molecule has 8 nitrogen and oxygen atoms in total. The maximum absolute atomic E-state index is 12.8. The lowest BCUT2D eigenvalue weighted by Gasteiger charge is -2.21. The first-order valence-electron chi connectivity index (χ1n) is 12.3. The van der Waals surface area contributed by atoms with Crippen molar-refractivity contribution in [1.29, 1.82) is 5.26 Å². The van der Waals surface area contributed by atoms with Gasteiger partial charge in [-0.2, -0.15) is 5.26 Å². The van der Waals surface area contributed by atoms with E-state index in [0.29, 0.717) is 30.9 Å². The molecule has 1 unspecified atom stereocenters. The summed E-state index contributed by atoms with van der Waals surface area (Å²) >= 11 is 3.53. The minimum atomic E-state index is -0.657. The Balaban J connectivity index is 1.63. The van der Waals surface area contributed by atoms with E-state index in [4.69, 9.17) is 0 Å². The molecule has 196 valence electrons. The Morgan fingerprint density at radius 1 is 1.27 bits per heavy atom. The molecule has 0 fully saturated rings. The number of β-amino-alcohol motifs (C(OH)–C–C–N with tert-alkyl or cyclic N) is 1. The Kier molecular flexibility index (Phi) is 9.46. The van der Waals surface area contributed by atoms with Crippen LogP contribution in [0.1, 0.15) is 66.6 Å². The number of halogens is 1. The summed E-state index contributed by atoms with van der Waals surface area (Å²) in [4.78, 5) is 29.8. The largest absolute Gasteiger partial charge is 0.508 e. The minimum Gasteiger partial charge on any atom is -0.508 e. The lowest BCUT2D eigenvalue weighted by molar-refractivity contribution is -0.118. The maximum Gasteiger partial charge on any atom is 0.251 e. The summed E-state index contributed by atoms with van der Waals surface area (Å²) in [7, 11) is 0. The summed E-state index contributed by atoms with van der Waals surface area (Å²) in [5.41, 5.74) is 2.14. The molecule has 1 aliphatic rings. The number of nitrogens with one attached hydrogen (secondary N) is 2. The van der Waals surface area contributed by atoms with E-state index in [0.717, 1.165) is 22.0 Å². The number of nitriles is 1. The van der Waals surface area contributed by atoms with Crippen molar-refractivity contribution in [3.05, 3.63) is 63.1 Å². The molecule has 4 N–H and O–H groups in total. The Morgan fingerprint density at radius 3 is 2.68 bits per heavy atom. The number of phenolic OH excluding ortho intramolecular Hbond substituents is 1. The molecule has 0 radical (unpaired) electrons. The van der Waals surface area contributed by atoms with E-state index in [2.05, 4.69) is 37.6 Å². The van der Waals surface area contributed by atoms with Gasteiger partial charge in [-0.05, 0) is 73.2 Å². The first-order valence-corrected chi connectivity index (χ1v) is 13.1. The van der Waals surface area contributed by atoms with Gasteiger partial charge in [-0.3, -0.25) is 14.6 Å². The van der Waals surface area contributed by atoms with Crippen LogP contribution in [0.4, 0.5) is 0 Å². The topological polar surface area (TPSA) is 135 Å². The number of Topliss-reactive ketones (excluding diaryl/α,β-unsaturated/α-hetero) is 1. The standard InChI is InChI=1S/C28H33BrN4O4/c1-4-18(19-8-21(12-22(29)9-19)28(2,3)16-30)10-24(35)13-33-27(37)20-5-17(6-23(34)11-20)7-26-31-14-25(36)15-32-26/h5-6,8-9,11-12,18,25,34,36H,4,7,10,13-15H2,1-3H3,(H,31,32)(H,33,37)/t18-/m1/s1. The Morgan fingerprint density at radius 2 is 2.03 bits per heavy atom. The van der Waals surface area contributed by atoms with Crippen molar-refractivity contribution >= 4 is 33.5 Å². The summed E-state index contributed by atoms with van der Waals surface area (Å²) in [5, 5.41) is 34.9. The predicted molar refractivity (Wildman–Crippen MR) is 146 cm³/mol. The number of rotatable bonds is 10. The molecule has 37 heavy (non-hydrogen) atoms. The number of benzene rings is 2. The third-order valence-corrected chi connectivity index (χ3v) is 6.91. The van der Waals surface area contributed by atoms with E-state index in [-0.39, 0.29) is 36.0 Å². The van der Waals surface area contributed by atoms with Crippen LogP contribution in [0, 0.1) is 11.3 Å². The highest BCUT2D eigenvalue weighted by Gasteiger charge is 2.23. The molecule has 0 saturated heterocycles. The molecule has 2 aromatic rings. The monoisotopic (exact) mass is 568 g/mol. The van der Waals surface area contributed by atoms with Gasteiger partial charge in [0.15, 0.2) is 5.78 Å². The molecule has 0 aromatic heterocycles. The van der Waals surface area contributed by atoms with Gasteiger partial charge in [0.1, 0.15) is 11.6 Å². The molecule has 0 saturated carbocycles. The highest BCUT2D eigenvalue weighted by molar-refractivity contribution is 9.10. The van der Waals surface area contributed by atoms with Gasteiger partial charge >= 0.3 is 0 Å².